The van der Waals surface area contributed by atoms with Crippen LogP contribution in [0.4, 0.5) is 5.69 Å². The number of carbonyl (C=O) groups is 2. The van der Waals surface area contributed by atoms with E-state index in [1.165, 1.54) is 6.92 Å². The van der Waals surface area contributed by atoms with Gasteiger partial charge in [-0.15, -0.1) is 4.31 Å². The van der Waals surface area contributed by atoms with Gasteiger partial charge >= 0.3 is 0 Å². The molecule has 8 nitrogen and oxygen atoms in total. The van der Waals surface area contributed by atoms with Crippen molar-refractivity contribution in [3.63, 3.8) is 0 Å². The number of aliphatic imine (C=N–C) groups is 1. The minimum absolute atomic E-state index is 0.0225. The van der Waals surface area contributed by atoms with Crippen molar-refractivity contribution in [2.75, 3.05) is 37.4 Å². The summed E-state index contributed by atoms with van der Waals surface area (Å²) in [6, 6.07) is 5.83. The molecule has 1 aromatic carbocycles. The van der Waals surface area contributed by atoms with Gasteiger partial charge in [-0.25, -0.2) is 0 Å². The number of anilines is 1. The predicted octanol–water partition coefficient (Wildman–Crippen LogP) is 3.37. The second kappa shape index (κ2) is 12.1. The van der Waals surface area contributed by atoms with Crippen molar-refractivity contribution >= 4 is 34.7 Å². The Morgan fingerprint density at radius 3 is 2.64 bits per heavy atom. The number of benzene rings is 1. The first-order chi connectivity index (χ1) is 17.3. The highest BCUT2D eigenvalue weighted by molar-refractivity contribution is 7.89. The lowest BCUT2D eigenvalue weighted by atomic mass is 9.82. The highest BCUT2D eigenvalue weighted by atomic mass is 32.2. The van der Waals surface area contributed by atoms with E-state index in [4.69, 9.17) is 9.73 Å². The van der Waals surface area contributed by atoms with E-state index in [0.717, 1.165) is 61.5 Å². The lowest BCUT2D eigenvalue weighted by Crippen LogP contribution is -2.51. The van der Waals surface area contributed by atoms with Gasteiger partial charge in [0.1, 0.15) is 17.1 Å². The fraction of sp³-hybridized carbons (Fsp3) is 0.667. The maximum atomic E-state index is 13.0. The molecule has 1 saturated heterocycles. The van der Waals surface area contributed by atoms with Gasteiger partial charge in [0.15, 0.2) is 0 Å². The Morgan fingerprint density at radius 1 is 1.28 bits per heavy atom. The third kappa shape index (κ3) is 6.49. The summed E-state index contributed by atoms with van der Waals surface area (Å²) in [5, 5.41) is 5.91. The van der Waals surface area contributed by atoms with Crippen molar-refractivity contribution < 1.29 is 18.9 Å². The predicted molar refractivity (Wildman–Crippen MR) is 143 cm³/mol. The maximum Gasteiger partial charge on any atom is 0.253 e. The van der Waals surface area contributed by atoms with Crippen molar-refractivity contribution in [2.24, 2.45) is 16.8 Å². The second-order valence-electron chi connectivity index (χ2n) is 10.4. The molecule has 2 aliphatic heterocycles. The zero-order chi connectivity index (χ0) is 25.7. The summed E-state index contributed by atoms with van der Waals surface area (Å²) in [7, 11) is 0. The number of amides is 2. The molecule has 0 bridgehead atoms. The molecule has 2 N–H and O–H groups in total. The third-order valence-corrected chi connectivity index (χ3v) is 9.33. The quantitative estimate of drug-likeness (QED) is 0.490. The highest BCUT2D eigenvalue weighted by Gasteiger charge is 2.48. The van der Waals surface area contributed by atoms with Crippen LogP contribution in [-0.2, 0) is 32.1 Å². The van der Waals surface area contributed by atoms with Crippen LogP contribution in [0.5, 0.6) is 0 Å². The largest absolute Gasteiger partial charge is 0.598 e. The van der Waals surface area contributed by atoms with E-state index in [0.29, 0.717) is 49.9 Å². The van der Waals surface area contributed by atoms with E-state index < -0.39 is 16.9 Å². The van der Waals surface area contributed by atoms with Gasteiger partial charge in [0.05, 0.1) is 0 Å². The Hall–Kier alpha value is -1.94. The molecule has 1 saturated carbocycles. The van der Waals surface area contributed by atoms with Crippen molar-refractivity contribution in [3.8, 4) is 0 Å². The van der Waals surface area contributed by atoms with Crippen LogP contribution in [0.25, 0.3) is 0 Å². The fourth-order valence-corrected chi connectivity index (χ4v) is 6.85. The van der Waals surface area contributed by atoms with E-state index in [-0.39, 0.29) is 11.8 Å². The molecular formula is C27H40N4O4S. The first-order valence-corrected chi connectivity index (χ1v) is 14.6. The molecule has 0 radical (unpaired) electrons. The first kappa shape index (κ1) is 27.1. The number of amidine groups is 1. The maximum absolute atomic E-state index is 13.0. The lowest BCUT2D eigenvalue weighted by molar-refractivity contribution is -0.125. The molecule has 1 unspecified atom stereocenters. The average Bonchev–Trinajstić information content (AvgIpc) is 3.17. The third-order valence-electron chi connectivity index (χ3n) is 7.84. The molecule has 2 fully saturated rings. The van der Waals surface area contributed by atoms with Gasteiger partial charge in [0.25, 0.3) is 5.91 Å². The standard InChI is InChI=1S/C27H40N4O4S/c1-4-35-18-21-5-7-23(8-6-21)25-29-26(33)27(30-25)12-14-31(15-13-27)36(34)16-11-22-9-10-24(17-19(22)2)28-20(3)32/h9-10,17,21,23H,4-8,11-16,18H2,1-3H3,(H,28,32)(H,29,30,33). The van der Waals surface area contributed by atoms with Crippen LogP contribution in [0.1, 0.15) is 63.5 Å². The van der Waals surface area contributed by atoms with E-state index >= 15 is 0 Å². The number of ether oxygens (including phenoxy) is 1. The van der Waals surface area contributed by atoms with Gasteiger partial charge in [-0.2, -0.15) is 0 Å². The van der Waals surface area contributed by atoms with Crippen LogP contribution < -0.4 is 10.6 Å². The lowest BCUT2D eigenvalue weighted by Gasteiger charge is -2.35. The SMILES string of the molecule is CCOCC1CCC(C2=NC3(CCN([S+]([O-])CCc4ccc(NC(C)=O)cc4C)CC3)C(=O)N2)CC1. The van der Waals surface area contributed by atoms with Crippen LogP contribution in [0.3, 0.4) is 0 Å². The molecule has 0 aromatic heterocycles. The zero-order valence-corrected chi connectivity index (χ0v) is 22.6. The smallest absolute Gasteiger partial charge is 0.253 e. The Morgan fingerprint density at radius 2 is 2.00 bits per heavy atom. The molecular weight excluding hydrogens is 476 g/mol. The molecule has 1 aromatic rings. The van der Waals surface area contributed by atoms with Crippen LogP contribution in [-0.4, -0.2) is 64.1 Å². The van der Waals surface area contributed by atoms with Crippen molar-refractivity contribution in [2.45, 2.75) is 71.3 Å². The van der Waals surface area contributed by atoms with Crippen molar-refractivity contribution in [3.05, 3.63) is 29.3 Å². The van der Waals surface area contributed by atoms with Crippen LogP contribution >= 0.6 is 0 Å². The normalized spacial score (nSPS) is 24.9. The van der Waals surface area contributed by atoms with Crippen LogP contribution in [0, 0.1) is 18.8 Å². The summed E-state index contributed by atoms with van der Waals surface area (Å²) >= 11 is -1.11. The highest BCUT2D eigenvalue weighted by Crippen LogP contribution is 2.36. The minimum Gasteiger partial charge on any atom is -0.598 e. The van der Waals surface area contributed by atoms with E-state index in [1.807, 2.05) is 36.4 Å². The van der Waals surface area contributed by atoms with Gasteiger partial charge in [0.2, 0.25) is 5.91 Å². The topological polar surface area (TPSA) is 106 Å². The molecule has 1 spiro atoms. The number of aryl methyl sites for hydroxylation is 2. The minimum atomic E-state index is -1.11. The van der Waals surface area contributed by atoms with Gasteiger partial charge in [0, 0.05) is 62.6 Å². The monoisotopic (exact) mass is 516 g/mol. The number of rotatable bonds is 9. The molecule has 2 amide bonds. The molecule has 2 heterocycles. The Bertz CT molecular complexity index is 969. The number of nitrogens with one attached hydrogen (secondary N) is 2. The van der Waals surface area contributed by atoms with Gasteiger partial charge in [-0.05, 0) is 81.5 Å². The Kier molecular flexibility index (Phi) is 9.09. The van der Waals surface area contributed by atoms with E-state index in [9.17, 15) is 14.1 Å². The van der Waals surface area contributed by atoms with Crippen LogP contribution in [0.2, 0.25) is 0 Å². The summed E-state index contributed by atoms with van der Waals surface area (Å²) in [5.41, 5.74) is 2.30. The molecule has 198 valence electrons. The number of carbonyl (C=O) groups excluding carboxylic acids is 2. The van der Waals surface area contributed by atoms with Gasteiger partial charge in [-0.3, -0.25) is 14.6 Å². The van der Waals surface area contributed by atoms with E-state index in [2.05, 4.69) is 10.6 Å². The molecule has 36 heavy (non-hydrogen) atoms. The molecule has 3 aliphatic rings. The number of nitrogens with zero attached hydrogens (tertiary/aromatic N) is 2. The fourth-order valence-electron chi connectivity index (χ4n) is 5.60. The average molecular weight is 517 g/mol. The molecule has 1 aliphatic carbocycles. The summed E-state index contributed by atoms with van der Waals surface area (Å²) in [6.45, 7) is 8.35. The summed E-state index contributed by atoms with van der Waals surface area (Å²) in [6.07, 6.45) is 6.26. The summed E-state index contributed by atoms with van der Waals surface area (Å²) in [4.78, 5) is 29.2. The van der Waals surface area contributed by atoms with Crippen LogP contribution in [0.15, 0.2) is 23.2 Å². The van der Waals surface area contributed by atoms with Crippen molar-refractivity contribution in [1.29, 1.82) is 0 Å². The molecule has 1 atom stereocenters. The number of piperidine rings is 1. The van der Waals surface area contributed by atoms with Gasteiger partial charge < -0.3 is 19.9 Å². The Labute approximate surface area is 217 Å². The van der Waals surface area contributed by atoms with Crippen molar-refractivity contribution in [1.82, 2.24) is 9.62 Å². The zero-order valence-electron chi connectivity index (χ0n) is 21.8. The molecule has 4 rings (SSSR count). The number of hydrogen-bond acceptors (Lipinski definition) is 6. The van der Waals surface area contributed by atoms with E-state index in [1.54, 1.807) is 0 Å². The summed E-state index contributed by atoms with van der Waals surface area (Å²) < 4.78 is 20.6. The Balaban J connectivity index is 1.26. The molecule has 9 heteroatoms. The number of hydrogen-bond donors (Lipinski definition) is 2. The first-order valence-electron chi connectivity index (χ1n) is 13.3. The van der Waals surface area contributed by atoms with Gasteiger partial charge in [-0.1, -0.05) is 6.07 Å². The second-order valence-corrected chi connectivity index (χ2v) is 12.0. The summed E-state index contributed by atoms with van der Waals surface area (Å²) in [5.74, 6) is 2.29.